The zero-order valence-electron chi connectivity index (χ0n) is 16.5. The van der Waals surface area contributed by atoms with Crippen LogP contribution in [0.1, 0.15) is 30.9 Å². The molecule has 4 rings (SSSR count). The Morgan fingerprint density at radius 3 is 2.52 bits per heavy atom. The zero-order chi connectivity index (χ0) is 20.2. The Morgan fingerprint density at radius 1 is 1.03 bits per heavy atom. The van der Waals surface area contributed by atoms with Crippen LogP contribution in [0.15, 0.2) is 42.5 Å². The fraction of sp³-hybridized carbons (Fsp3) is 0.318. The Balaban J connectivity index is 1.38. The molecule has 7 heteroatoms. The van der Waals surface area contributed by atoms with Crippen molar-refractivity contribution < 1.29 is 14.3 Å². The van der Waals surface area contributed by atoms with Crippen molar-refractivity contribution in [2.45, 2.75) is 38.7 Å². The summed E-state index contributed by atoms with van der Waals surface area (Å²) in [5, 5.41) is 12.2. The topological polar surface area (TPSA) is 73.3 Å². The number of hydrogen-bond donors (Lipinski definition) is 1. The maximum atomic E-state index is 12.5. The Kier molecular flexibility index (Phi) is 5.76. The number of aryl methyl sites for hydroxylation is 2. The summed E-state index contributed by atoms with van der Waals surface area (Å²) in [7, 11) is 1.63. The average molecular weight is 410 g/mol. The minimum Gasteiger partial charge on any atom is -0.497 e. The van der Waals surface area contributed by atoms with E-state index in [-0.39, 0.29) is 5.91 Å². The second-order valence-corrected chi connectivity index (χ2v) is 8.01. The van der Waals surface area contributed by atoms with E-state index in [2.05, 4.69) is 27.6 Å². The van der Waals surface area contributed by atoms with E-state index in [0.717, 1.165) is 34.9 Å². The van der Waals surface area contributed by atoms with Crippen LogP contribution in [0.4, 0.5) is 5.13 Å². The van der Waals surface area contributed by atoms with Gasteiger partial charge in [-0.2, -0.15) is 0 Å². The van der Waals surface area contributed by atoms with Gasteiger partial charge in [-0.25, -0.2) is 0 Å². The molecule has 0 radical (unpaired) electrons. The van der Waals surface area contributed by atoms with Crippen LogP contribution in [0.3, 0.4) is 0 Å². The smallest absolute Gasteiger partial charge is 0.266 e. The number of ether oxygens (including phenoxy) is 2. The Labute approximate surface area is 173 Å². The summed E-state index contributed by atoms with van der Waals surface area (Å²) in [6, 6.07) is 13.7. The minimum absolute atomic E-state index is 0.250. The van der Waals surface area contributed by atoms with Crippen molar-refractivity contribution >= 4 is 22.4 Å². The van der Waals surface area contributed by atoms with Gasteiger partial charge in [0, 0.05) is 5.56 Å². The summed E-state index contributed by atoms with van der Waals surface area (Å²) in [4.78, 5) is 12.5. The largest absolute Gasteiger partial charge is 0.497 e. The summed E-state index contributed by atoms with van der Waals surface area (Å²) in [6.07, 6.45) is 4.02. The first-order chi connectivity index (χ1) is 14.1. The first-order valence-electron chi connectivity index (χ1n) is 9.69. The molecule has 150 valence electrons. The summed E-state index contributed by atoms with van der Waals surface area (Å²) < 4.78 is 11.0. The molecule has 1 N–H and O–H groups in total. The molecule has 0 aliphatic heterocycles. The van der Waals surface area contributed by atoms with E-state index in [4.69, 9.17) is 9.47 Å². The Bertz CT molecular complexity index is 1000. The van der Waals surface area contributed by atoms with Gasteiger partial charge in [-0.15, -0.1) is 10.2 Å². The van der Waals surface area contributed by atoms with Crippen LogP contribution in [-0.4, -0.2) is 29.3 Å². The van der Waals surface area contributed by atoms with Gasteiger partial charge in [0.15, 0.2) is 6.10 Å². The van der Waals surface area contributed by atoms with Crippen LogP contribution in [0.5, 0.6) is 11.5 Å². The van der Waals surface area contributed by atoms with Gasteiger partial charge < -0.3 is 9.47 Å². The van der Waals surface area contributed by atoms with E-state index in [9.17, 15) is 4.79 Å². The van der Waals surface area contributed by atoms with Crippen LogP contribution in [0.2, 0.25) is 0 Å². The number of amides is 1. The summed E-state index contributed by atoms with van der Waals surface area (Å²) in [5.41, 5.74) is 3.64. The lowest BCUT2D eigenvalue weighted by Gasteiger charge is -2.18. The van der Waals surface area contributed by atoms with Crippen molar-refractivity contribution in [1.82, 2.24) is 10.2 Å². The highest BCUT2D eigenvalue weighted by Crippen LogP contribution is 2.28. The van der Waals surface area contributed by atoms with E-state index in [1.807, 2.05) is 30.3 Å². The predicted octanol–water partition coefficient (Wildman–Crippen LogP) is 4.50. The normalized spacial score (nSPS) is 14.0. The number of rotatable bonds is 6. The number of aromatic nitrogens is 2. The molecule has 1 heterocycles. The number of fused-ring (bicyclic) bond motifs is 1. The lowest BCUT2D eigenvalue weighted by molar-refractivity contribution is -0.122. The van der Waals surface area contributed by atoms with E-state index in [1.165, 1.54) is 35.3 Å². The van der Waals surface area contributed by atoms with Crippen LogP contribution < -0.4 is 14.8 Å². The van der Waals surface area contributed by atoms with E-state index in [1.54, 1.807) is 14.0 Å². The molecule has 1 amide bonds. The van der Waals surface area contributed by atoms with Gasteiger partial charge in [0.05, 0.1) is 7.11 Å². The molecular formula is C22H23N3O3S. The first kappa shape index (κ1) is 19.4. The molecule has 0 bridgehead atoms. The number of carbonyl (C=O) groups excluding carboxylic acids is 1. The van der Waals surface area contributed by atoms with Crippen molar-refractivity contribution in [2.24, 2.45) is 0 Å². The van der Waals surface area contributed by atoms with Crippen molar-refractivity contribution in [3.8, 4) is 22.1 Å². The molecule has 29 heavy (non-hydrogen) atoms. The molecule has 0 saturated heterocycles. The summed E-state index contributed by atoms with van der Waals surface area (Å²) in [5.74, 6) is 1.25. The van der Waals surface area contributed by atoms with Gasteiger partial charge in [0.25, 0.3) is 5.91 Å². The highest BCUT2D eigenvalue weighted by Gasteiger charge is 2.18. The van der Waals surface area contributed by atoms with Gasteiger partial charge in [-0.05, 0) is 80.1 Å². The minimum atomic E-state index is -0.634. The van der Waals surface area contributed by atoms with Gasteiger partial charge in [-0.3, -0.25) is 10.1 Å². The molecular weight excluding hydrogens is 386 g/mol. The third-order valence-electron chi connectivity index (χ3n) is 4.99. The standard InChI is InChI=1S/C22H23N3O3S/c1-14(28-19-12-7-15-5-3-4-6-17(15)13-19)20(26)23-22-25-24-21(29-22)16-8-10-18(27-2)11-9-16/h7-14H,3-6H2,1-2H3,(H,23,25,26)/t14-/m0/s1. The third-order valence-corrected chi connectivity index (χ3v) is 5.88. The fourth-order valence-electron chi connectivity index (χ4n) is 3.37. The summed E-state index contributed by atoms with van der Waals surface area (Å²) >= 11 is 1.32. The number of methoxy groups -OCH3 is 1. The molecule has 3 aromatic rings. The Hall–Kier alpha value is -2.93. The number of carbonyl (C=O) groups is 1. The maximum Gasteiger partial charge on any atom is 0.266 e. The maximum absolute atomic E-state index is 12.5. The first-order valence-corrected chi connectivity index (χ1v) is 10.5. The molecule has 2 aromatic carbocycles. The second-order valence-electron chi connectivity index (χ2n) is 7.03. The molecule has 0 spiro atoms. The quantitative estimate of drug-likeness (QED) is 0.649. The third kappa shape index (κ3) is 4.56. The molecule has 1 aliphatic carbocycles. The number of hydrogen-bond acceptors (Lipinski definition) is 6. The van der Waals surface area contributed by atoms with Crippen molar-refractivity contribution in [3.63, 3.8) is 0 Å². The van der Waals surface area contributed by atoms with E-state index >= 15 is 0 Å². The van der Waals surface area contributed by atoms with Crippen LogP contribution >= 0.6 is 11.3 Å². The second kappa shape index (κ2) is 8.61. The van der Waals surface area contributed by atoms with Gasteiger partial charge in [0.2, 0.25) is 5.13 Å². The lowest BCUT2D eigenvalue weighted by Crippen LogP contribution is -2.30. The molecule has 1 atom stereocenters. The zero-order valence-corrected chi connectivity index (χ0v) is 17.3. The number of anilines is 1. The Morgan fingerprint density at radius 2 is 1.76 bits per heavy atom. The molecule has 1 aliphatic rings. The van der Waals surface area contributed by atoms with Gasteiger partial charge in [-0.1, -0.05) is 17.4 Å². The predicted molar refractivity (Wildman–Crippen MR) is 114 cm³/mol. The van der Waals surface area contributed by atoms with Crippen molar-refractivity contribution in [2.75, 3.05) is 12.4 Å². The average Bonchev–Trinajstić information content (AvgIpc) is 3.22. The molecule has 0 saturated carbocycles. The van der Waals surface area contributed by atoms with E-state index in [0.29, 0.717) is 5.13 Å². The number of nitrogens with zero attached hydrogens (tertiary/aromatic N) is 2. The number of benzene rings is 2. The molecule has 1 aromatic heterocycles. The van der Waals surface area contributed by atoms with Crippen molar-refractivity contribution in [1.29, 1.82) is 0 Å². The van der Waals surface area contributed by atoms with Gasteiger partial charge in [0.1, 0.15) is 16.5 Å². The molecule has 6 nitrogen and oxygen atoms in total. The van der Waals surface area contributed by atoms with E-state index < -0.39 is 6.10 Å². The lowest BCUT2D eigenvalue weighted by atomic mass is 9.92. The highest BCUT2D eigenvalue weighted by atomic mass is 32.1. The van der Waals surface area contributed by atoms with Crippen LogP contribution in [0.25, 0.3) is 10.6 Å². The van der Waals surface area contributed by atoms with Gasteiger partial charge >= 0.3 is 0 Å². The highest BCUT2D eigenvalue weighted by molar-refractivity contribution is 7.18. The molecule has 0 unspecified atom stereocenters. The number of nitrogens with one attached hydrogen (secondary N) is 1. The van der Waals surface area contributed by atoms with Crippen LogP contribution in [0, 0.1) is 0 Å². The molecule has 0 fully saturated rings. The van der Waals surface area contributed by atoms with Crippen LogP contribution in [-0.2, 0) is 17.6 Å². The summed E-state index contributed by atoms with van der Waals surface area (Å²) in [6.45, 7) is 1.74. The SMILES string of the molecule is COc1ccc(-c2nnc(NC(=O)[C@H](C)Oc3ccc4c(c3)CCCC4)s2)cc1. The monoisotopic (exact) mass is 409 g/mol. The fourth-order valence-corrected chi connectivity index (χ4v) is 4.12. The van der Waals surface area contributed by atoms with Crippen molar-refractivity contribution in [3.05, 3.63) is 53.6 Å².